The lowest BCUT2D eigenvalue weighted by Gasteiger charge is -2.21. The van der Waals surface area contributed by atoms with Crippen molar-refractivity contribution in [3.8, 4) is 0 Å². The summed E-state index contributed by atoms with van der Waals surface area (Å²) in [5.74, 6) is -0.335. The molecule has 0 aliphatic heterocycles. The average Bonchev–Trinajstić information content (AvgIpc) is 2.00. The number of methoxy groups -OCH3 is 1. The van der Waals surface area contributed by atoms with E-state index in [0.29, 0.717) is 6.42 Å². The molecule has 0 aliphatic rings. The average molecular weight is 234 g/mol. The van der Waals surface area contributed by atoms with Crippen LogP contribution in [0.25, 0.3) is 0 Å². The molecule has 0 aromatic rings. The van der Waals surface area contributed by atoms with Crippen LogP contribution in [-0.2, 0) is 9.53 Å². The molecule has 12 heavy (non-hydrogen) atoms. The van der Waals surface area contributed by atoms with Gasteiger partial charge in [-0.25, -0.2) is 0 Å². The van der Waals surface area contributed by atoms with Crippen molar-refractivity contribution in [2.45, 2.75) is 29.5 Å². The summed E-state index contributed by atoms with van der Waals surface area (Å²) in [6.07, 6.45) is 0.480. The van der Waals surface area contributed by atoms with E-state index >= 15 is 0 Å². The van der Waals surface area contributed by atoms with Crippen molar-refractivity contribution in [3.63, 3.8) is 0 Å². The number of carbonyl (C=O) groups is 1. The monoisotopic (exact) mass is 232 g/mol. The highest BCUT2D eigenvalue weighted by atomic mass is 35.5. The van der Waals surface area contributed by atoms with E-state index in [1.54, 1.807) is 6.92 Å². The fraction of sp³-hybridized carbons (Fsp3) is 0.857. The summed E-state index contributed by atoms with van der Waals surface area (Å²) in [6.45, 7) is 1.68. The molecule has 0 amide bonds. The van der Waals surface area contributed by atoms with Crippen molar-refractivity contribution in [2.75, 3.05) is 7.11 Å². The minimum atomic E-state index is -1.06. The Bertz CT molecular complexity index is 157. The summed E-state index contributed by atoms with van der Waals surface area (Å²) in [4.78, 5) is 10.7. The molecule has 0 bridgehead atoms. The van der Waals surface area contributed by atoms with Crippen molar-refractivity contribution >= 4 is 40.8 Å². The maximum Gasteiger partial charge on any atom is 0.305 e. The largest absolute Gasteiger partial charge is 0.469 e. The van der Waals surface area contributed by atoms with E-state index in [0.717, 1.165) is 0 Å². The van der Waals surface area contributed by atoms with Crippen LogP contribution in [0.4, 0.5) is 0 Å². The predicted octanol–water partition coefficient (Wildman–Crippen LogP) is 2.74. The summed E-state index contributed by atoms with van der Waals surface area (Å²) >= 11 is 17.3. The van der Waals surface area contributed by atoms with Gasteiger partial charge in [0, 0.05) is 6.42 Å². The van der Waals surface area contributed by atoms with Gasteiger partial charge in [-0.15, -0.1) is 34.8 Å². The van der Waals surface area contributed by atoms with Crippen LogP contribution in [0.5, 0.6) is 0 Å². The maximum atomic E-state index is 10.7. The van der Waals surface area contributed by atoms with Gasteiger partial charge in [0.25, 0.3) is 0 Å². The molecule has 2 nitrogen and oxygen atoms in total. The summed E-state index contributed by atoms with van der Waals surface area (Å²) in [5, 5.41) is -0.398. The molecule has 5 heteroatoms. The number of esters is 1. The Hall–Kier alpha value is 0.340. The summed E-state index contributed by atoms with van der Waals surface area (Å²) in [5.41, 5.74) is 0. The van der Waals surface area contributed by atoms with Gasteiger partial charge in [0.1, 0.15) is 4.33 Å². The molecule has 0 spiro atoms. The van der Waals surface area contributed by atoms with E-state index in [1.165, 1.54) is 7.11 Å². The number of hydrogen-bond acceptors (Lipinski definition) is 2. The summed E-state index contributed by atoms with van der Waals surface area (Å²) in [7, 11) is 1.32. The number of alkyl halides is 3. The highest BCUT2D eigenvalue weighted by Crippen LogP contribution is 2.33. The Morgan fingerprint density at radius 2 is 2.08 bits per heavy atom. The second-order valence-corrected chi connectivity index (χ2v) is 4.65. The second kappa shape index (κ2) is 5.15. The van der Waals surface area contributed by atoms with Crippen molar-refractivity contribution in [3.05, 3.63) is 0 Å². The minimum Gasteiger partial charge on any atom is -0.469 e. The molecular weight excluding hydrogens is 222 g/mol. The van der Waals surface area contributed by atoms with Crippen molar-refractivity contribution in [1.82, 2.24) is 0 Å². The quantitative estimate of drug-likeness (QED) is 0.551. The molecule has 0 aliphatic carbocycles. The van der Waals surface area contributed by atoms with E-state index in [9.17, 15) is 4.79 Å². The topological polar surface area (TPSA) is 26.3 Å². The highest BCUT2D eigenvalue weighted by molar-refractivity contribution is 6.52. The third kappa shape index (κ3) is 4.39. The summed E-state index contributed by atoms with van der Waals surface area (Å²) < 4.78 is 3.37. The number of hydrogen-bond donors (Lipinski definition) is 0. The van der Waals surface area contributed by atoms with E-state index in [1.807, 2.05) is 0 Å². The van der Waals surface area contributed by atoms with Crippen LogP contribution in [0.2, 0.25) is 0 Å². The number of rotatable bonds is 4. The Morgan fingerprint density at radius 1 is 1.58 bits per heavy atom. The molecule has 72 valence electrons. The summed E-state index contributed by atoms with van der Waals surface area (Å²) in [6, 6.07) is 0. The molecule has 0 radical (unpaired) electrons. The lowest BCUT2D eigenvalue weighted by atomic mass is 10.2. The fourth-order valence-corrected chi connectivity index (χ4v) is 0.868. The smallest absolute Gasteiger partial charge is 0.305 e. The molecular formula is C7H11Cl3O2. The standard InChI is InChI=1S/C7H11Cl3O2/c1-5(8)7(9,10)4-3-6(11)12-2/h5H,3-4H2,1-2H3. The van der Waals surface area contributed by atoms with Crippen LogP contribution in [0.15, 0.2) is 0 Å². The molecule has 1 atom stereocenters. The van der Waals surface area contributed by atoms with Gasteiger partial charge in [0.15, 0.2) is 0 Å². The Balaban J connectivity index is 3.83. The van der Waals surface area contributed by atoms with E-state index in [2.05, 4.69) is 4.74 Å². The molecule has 0 saturated carbocycles. The van der Waals surface area contributed by atoms with Crippen LogP contribution in [0.1, 0.15) is 19.8 Å². The number of carbonyl (C=O) groups excluding carboxylic acids is 1. The molecule has 0 fully saturated rings. The Labute approximate surface area is 87.1 Å². The Kier molecular flexibility index (Phi) is 5.30. The molecule has 1 unspecified atom stereocenters. The molecule has 0 aromatic carbocycles. The normalized spacial score (nSPS) is 14.1. The number of ether oxygens (including phenoxy) is 1. The third-order valence-corrected chi connectivity index (χ3v) is 3.10. The zero-order valence-electron chi connectivity index (χ0n) is 6.94. The van der Waals surface area contributed by atoms with Gasteiger partial charge in [-0.3, -0.25) is 4.79 Å². The molecule has 0 rings (SSSR count). The molecule has 0 heterocycles. The van der Waals surface area contributed by atoms with Gasteiger partial charge in [0.2, 0.25) is 0 Å². The van der Waals surface area contributed by atoms with E-state index < -0.39 is 9.71 Å². The SMILES string of the molecule is COC(=O)CCC(Cl)(Cl)C(C)Cl. The first-order valence-electron chi connectivity index (χ1n) is 3.49. The first kappa shape index (κ1) is 12.3. The third-order valence-electron chi connectivity index (χ3n) is 1.47. The lowest BCUT2D eigenvalue weighted by molar-refractivity contribution is -0.140. The van der Waals surface area contributed by atoms with Gasteiger partial charge in [-0.1, -0.05) is 0 Å². The van der Waals surface area contributed by atoms with Crippen molar-refractivity contribution in [2.24, 2.45) is 0 Å². The molecule has 0 saturated heterocycles. The van der Waals surface area contributed by atoms with Gasteiger partial charge in [0.05, 0.1) is 12.5 Å². The molecule has 0 N–H and O–H groups in total. The van der Waals surface area contributed by atoms with Gasteiger partial charge < -0.3 is 4.74 Å². The van der Waals surface area contributed by atoms with Crippen LogP contribution < -0.4 is 0 Å². The van der Waals surface area contributed by atoms with Crippen LogP contribution in [0.3, 0.4) is 0 Å². The van der Waals surface area contributed by atoms with Gasteiger partial charge in [-0.2, -0.15) is 0 Å². The van der Waals surface area contributed by atoms with Crippen LogP contribution in [-0.4, -0.2) is 22.8 Å². The molecule has 0 aromatic heterocycles. The minimum absolute atomic E-state index is 0.181. The Morgan fingerprint density at radius 3 is 2.42 bits per heavy atom. The second-order valence-electron chi connectivity index (χ2n) is 2.45. The predicted molar refractivity (Wildman–Crippen MR) is 51.0 cm³/mol. The van der Waals surface area contributed by atoms with E-state index in [-0.39, 0.29) is 12.4 Å². The fourth-order valence-electron chi connectivity index (χ4n) is 0.570. The lowest BCUT2D eigenvalue weighted by Crippen LogP contribution is -2.24. The highest BCUT2D eigenvalue weighted by Gasteiger charge is 2.30. The van der Waals surface area contributed by atoms with Gasteiger partial charge >= 0.3 is 5.97 Å². The van der Waals surface area contributed by atoms with E-state index in [4.69, 9.17) is 34.8 Å². The zero-order valence-corrected chi connectivity index (χ0v) is 9.21. The first-order chi connectivity index (χ1) is 5.40. The van der Waals surface area contributed by atoms with Crippen molar-refractivity contribution < 1.29 is 9.53 Å². The first-order valence-corrected chi connectivity index (χ1v) is 4.68. The van der Waals surface area contributed by atoms with Crippen LogP contribution >= 0.6 is 34.8 Å². The zero-order chi connectivity index (χ0) is 9.78. The van der Waals surface area contributed by atoms with Crippen LogP contribution in [0, 0.1) is 0 Å². The maximum absolute atomic E-state index is 10.7. The van der Waals surface area contributed by atoms with Gasteiger partial charge in [-0.05, 0) is 13.3 Å². The van der Waals surface area contributed by atoms with Crippen molar-refractivity contribution in [1.29, 1.82) is 0 Å². The number of halogens is 3.